The summed E-state index contributed by atoms with van der Waals surface area (Å²) in [6, 6.07) is 0. The maximum absolute atomic E-state index is 9.74. The Morgan fingerprint density at radius 3 is 2.18 bits per heavy atom. The standard InChI is InChI=1S/C26H28O2/c27-23-11-7-17(8-12-23)21-5-3-19-1-2-20-4-6-22(16-26(20)25(19)15-21)18-9-13-24(28)14-10-18/h3-9,11,13-14,18,21-23,27-28H,1-2,10,12,15-16H2. The molecule has 0 saturated heterocycles. The van der Waals surface area contributed by atoms with Crippen LogP contribution < -0.4 is 0 Å². The maximum atomic E-state index is 9.74. The zero-order chi connectivity index (χ0) is 19.1. The first-order chi connectivity index (χ1) is 13.7. The highest BCUT2D eigenvalue weighted by atomic mass is 16.3. The second-order valence-corrected chi connectivity index (χ2v) is 8.66. The monoisotopic (exact) mass is 372 g/mol. The van der Waals surface area contributed by atoms with E-state index in [1.807, 2.05) is 18.2 Å². The molecule has 4 unspecified atom stereocenters. The quantitative estimate of drug-likeness (QED) is 0.644. The van der Waals surface area contributed by atoms with Crippen molar-refractivity contribution in [1.29, 1.82) is 0 Å². The Hall–Kier alpha value is -2.32. The molecule has 2 nitrogen and oxygen atoms in total. The van der Waals surface area contributed by atoms with Crippen LogP contribution in [0.3, 0.4) is 0 Å². The molecule has 0 bridgehead atoms. The highest BCUT2D eigenvalue weighted by Gasteiger charge is 2.31. The summed E-state index contributed by atoms with van der Waals surface area (Å²) >= 11 is 0. The van der Waals surface area contributed by atoms with Gasteiger partial charge in [0.2, 0.25) is 0 Å². The summed E-state index contributed by atoms with van der Waals surface area (Å²) in [5.41, 5.74) is 7.56. The van der Waals surface area contributed by atoms with E-state index >= 15 is 0 Å². The maximum Gasteiger partial charge on any atom is 0.111 e. The Morgan fingerprint density at radius 2 is 1.46 bits per heavy atom. The molecule has 5 rings (SSSR count). The molecule has 2 heteroatoms. The minimum Gasteiger partial charge on any atom is -0.508 e. The molecule has 0 saturated carbocycles. The van der Waals surface area contributed by atoms with Gasteiger partial charge in [-0.25, -0.2) is 0 Å². The number of hydrogen-bond acceptors (Lipinski definition) is 2. The molecule has 0 spiro atoms. The van der Waals surface area contributed by atoms with Crippen molar-refractivity contribution in [1.82, 2.24) is 0 Å². The Balaban J connectivity index is 1.37. The van der Waals surface area contributed by atoms with Crippen molar-refractivity contribution in [2.24, 2.45) is 17.8 Å². The minimum absolute atomic E-state index is 0.323. The summed E-state index contributed by atoms with van der Waals surface area (Å²) < 4.78 is 0. The lowest BCUT2D eigenvalue weighted by Gasteiger charge is -2.35. The molecule has 5 aliphatic rings. The average molecular weight is 373 g/mol. The van der Waals surface area contributed by atoms with E-state index in [4.69, 9.17) is 0 Å². The van der Waals surface area contributed by atoms with Crippen molar-refractivity contribution in [3.63, 3.8) is 0 Å². The van der Waals surface area contributed by atoms with Gasteiger partial charge >= 0.3 is 0 Å². The predicted octanol–water partition coefficient (Wildman–Crippen LogP) is 5.79. The zero-order valence-corrected chi connectivity index (χ0v) is 16.2. The first-order valence-electron chi connectivity index (χ1n) is 10.6. The van der Waals surface area contributed by atoms with Gasteiger partial charge in [0.1, 0.15) is 5.76 Å². The van der Waals surface area contributed by atoms with Crippen LogP contribution in [0, 0.1) is 17.8 Å². The molecule has 4 atom stereocenters. The number of fused-ring (bicyclic) bond motifs is 1. The van der Waals surface area contributed by atoms with Gasteiger partial charge in [-0.3, -0.25) is 0 Å². The third-order valence-electron chi connectivity index (χ3n) is 6.94. The van der Waals surface area contributed by atoms with Crippen LogP contribution in [-0.4, -0.2) is 16.3 Å². The largest absolute Gasteiger partial charge is 0.508 e. The summed E-state index contributed by atoms with van der Waals surface area (Å²) in [4.78, 5) is 0. The van der Waals surface area contributed by atoms with Gasteiger partial charge in [0, 0.05) is 5.92 Å². The van der Waals surface area contributed by atoms with Crippen LogP contribution in [0.5, 0.6) is 0 Å². The van der Waals surface area contributed by atoms with E-state index in [1.165, 1.54) is 16.7 Å². The highest BCUT2D eigenvalue weighted by Crippen LogP contribution is 2.46. The predicted molar refractivity (Wildman–Crippen MR) is 114 cm³/mol. The molecule has 28 heavy (non-hydrogen) atoms. The SMILES string of the molecule is OC1=CCC(C2C=CC3=C(C2)C2=C(C=CC(C4=CCC(O)C=C4)C2)CC3)C=C1. The van der Waals surface area contributed by atoms with E-state index in [-0.39, 0.29) is 6.10 Å². The number of rotatable bonds is 2. The van der Waals surface area contributed by atoms with Crippen LogP contribution in [0.2, 0.25) is 0 Å². The molecule has 0 radical (unpaired) electrons. The van der Waals surface area contributed by atoms with Crippen LogP contribution in [0.4, 0.5) is 0 Å². The van der Waals surface area contributed by atoms with Crippen molar-refractivity contribution in [2.75, 3.05) is 0 Å². The minimum atomic E-state index is -0.323. The summed E-state index contributed by atoms with van der Waals surface area (Å²) in [5.74, 6) is 1.82. The van der Waals surface area contributed by atoms with E-state index in [2.05, 4.69) is 42.5 Å². The second-order valence-electron chi connectivity index (χ2n) is 8.66. The Kier molecular flexibility index (Phi) is 4.60. The van der Waals surface area contributed by atoms with Crippen LogP contribution in [0.1, 0.15) is 38.5 Å². The summed E-state index contributed by atoms with van der Waals surface area (Å²) in [6.45, 7) is 0. The lowest BCUT2D eigenvalue weighted by Crippen LogP contribution is -2.21. The van der Waals surface area contributed by atoms with Gasteiger partial charge in [-0.1, -0.05) is 48.6 Å². The van der Waals surface area contributed by atoms with Crippen LogP contribution in [-0.2, 0) is 0 Å². The molecule has 5 aliphatic carbocycles. The first-order valence-corrected chi connectivity index (χ1v) is 10.6. The first kappa shape index (κ1) is 17.8. The Bertz CT molecular complexity index is 916. The van der Waals surface area contributed by atoms with E-state index in [9.17, 15) is 10.2 Å². The molecule has 0 aromatic carbocycles. The van der Waals surface area contributed by atoms with Gasteiger partial charge in [0.05, 0.1) is 6.10 Å². The van der Waals surface area contributed by atoms with E-state index in [0.717, 1.165) is 38.5 Å². The topological polar surface area (TPSA) is 40.5 Å². The van der Waals surface area contributed by atoms with Crippen molar-refractivity contribution in [2.45, 2.75) is 44.6 Å². The van der Waals surface area contributed by atoms with Gasteiger partial charge in [-0.15, -0.1) is 0 Å². The van der Waals surface area contributed by atoms with Gasteiger partial charge in [-0.05, 0) is 90.4 Å². The average Bonchev–Trinajstić information content (AvgIpc) is 2.74. The highest BCUT2D eigenvalue weighted by molar-refractivity contribution is 5.54. The fourth-order valence-electron chi connectivity index (χ4n) is 5.27. The molecular weight excluding hydrogens is 344 g/mol. The lowest BCUT2D eigenvalue weighted by molar-refractivity contribution is 0.225. The Labute approximate surface area is 167 Å². The van der Waals surface area contributed by atoms with Crippen LogP contribution in [0.25, 0.3) is 0 Å². The third-order valence-corrected chi connectivity index (χ3v) is 6.94. The fraction of sp³-hybridized carbons (Fsp3) is 0.385. The molecule has 0 aliphatic heterocycles. The van der Waals surface area contributed by atoms with E-state index < -0.39 is 0 Å². The van der Waals surface area contributed by atoms with Crippen LogP contribution >= 0.6 is 0 Å². The Morgan fingerprint density at radius 1 is 0.714 bits per heavy atom. The molecule has 0 aromatic rings. The van der Waals surface area contributed by atoms with Crippen molar-refractivity contribution in [3.8, 4) is 0 Å². The van der Waals surface area contributed by atoms with Gasteiger partial charge in [0.15, 0.2) is 0 Å². The van der Waals surface area contributed by atoms with Gasteiger partial charge in [-0.2, -0.15) is 0 Å². The molecule has 2 N–H and O–H groups in total. The van der Waals surface area contributed by atoms with E-state index in [1.54, 1.807) is 11.1 Å². The molecule has 0 heterocycles. The molecule has 0 fully saturated rings. The summed E-state index contributed by atoms with van der Waals surface area (Å²) in [7, 11) is 0. The molecule has 144 valence electrons. The lowest BCUT2D eigenvalue weighted by atomic mass is 9.69. The molecule has 0 aromatic heterocycles. The number of aliphatic hydroxyl groups excluding tert-OH is 2. The normalized spacial score (nSPS) is 34.2. The van der Waals surface area contributed by atoms with Gasteiger partial charge < -0.3 is 10.2 Å². The smallest absolute Gasteiger partial charge is 0.111 e. The number of allylic oxidation sites excluding steroid dienone is 13. The summed E-state index contributed by atoms with van der Waals surface area (Å²) in [6.07, 6.45) is 27.6. The number of aliphatic hydroxyl groups is 2. The summed E-state index contributed by atoms with van der Waals surface area (Å²) in [5, 5.41) is 19.4. The van der Waals surface area contributed by atoms with Crippen LogP contribution in [0.15, 0.2) is 94.4 Å². The fourth-order valence-corrected chi connectivity index (χ4v) is 5.27. The van der Waals surface area contributed by atoms with Crippen molar-refractivity contribution in [3.05, 3.63) is 94.4 Å². The third kappa shape index (κ3) is 3.31. The molecular formula is C26H28O2. The second kappa shape index (κ2) is 7.25. The number of hydrogen-bond donors (Lipinski definition) is 2. The van der Waals surface area contributed by atoms with Gasteiger partial charge in [0.25, 0.3) is 0 Å². The molecule has 0 amide bonds. The van der Waals surface area contributed by atoms with Crippen molar-refractivity contribution < 1.29 is 10.2 Å². The van der Waals surface area contributed by atoms with E-state index in [0.29, 0.717) is 23.5 Å². The zero-order valence-electron chi connectivity index (χ0n) is 16.2. The van der Waals surface area contributed by atoms with Crippen molar-refractivity contribution >= 4 is 0 Å².